The maximum atomic E-state index is 10.7. The second-order valence-corrected chi connectivity index (χ2v) is 7.16. The fourth-order valence-corrected chi connectivity index (χ4v) is 4.02. The zero-order chi connectivity index (χ0) is 18.9. The van der Waals surface area contributed by atoms with E-state index >= 15 is 0 Å². The van der Waals surface area contributed by atoms with Crippen molar-refractivity contribution in [1.29, 1.82) is 0 Å². The van der Waals surface area contributed by atoms with E-state index in [0.717, 1.165) is 29.7 Å². The van der Waals surface area contributed by atoms with E-state index < -0.39 is 0 Å². The molecule has 0 amide bonds. The van der Waals surface area contributed by atoms with Crippen LogP contribution < -0.4 is 5.32 Å². The van der Waals surface area contributed by atoms with Crippen molar-refractivity contribution in [2.24, 2.45) is 0 Å². The van der Waals surface area contributed by atoms with Crippen LogP contribution in [0.2, 0.25) is 0 Å². The molecule has 2 N–H and O–H groups in total. The van der Waals surface area contributed by atoms with Gasteiger partial charge in [-0.15, -0.1) is 0 Å². The zero-order valence-corrected chi connectivity index (χ0v) is 15.3. The standard InChI is InChI=1S/C23H20N4O/c28-23-18-12-17(15-8-10-24-11-9-15)6-7-21(18)26-22(27-23)20-14-25-13-19(20)16-4-2-1-3-5-16/h1-12,19-20,25H,13-14H2,(H,26,27,28)/t19-,20+/m1/s1. The summed E-state index contributed by atoms with van der Waals surface area (Å²) < 4.78 is 0. The molecular weight excluding hydrogens is 348 g/mol. The largest absolute Gasteiger partial charge is 0.493 e. The van der Waals surface area contributed by atoms with E-state index in [-0.39, 0.29) is 11.8 Å². The highest BCUT2D eigenvalue weighted by Crippen LogP contribution is 2.36. The highest BCUT2D eigenvalue weighted by Gasteiger charge is 2.32. The minimum atomic E-state index is 0.0367. The van der Waals surface area contributed by atoms with E-state index in [1.165, 1.54) is 5.56 Å². The first-order chi connectivity index (χ1) is 13.8. The molecule has 0 bridgehead atoms. The number of fused-ring (bicyclic) bond motifs is 1. The van der Waals surface area contributed by atoms with Gasteiger partial charge in [-0.25, -0.2) is 4.98 Å². The molecule has 5 rings (SSSR count). The average molecular weight is 368 g/mol. The molecule has 0 radical (unpaired) electrons. The van der Waals surface area contributed by atoms with Crippen LogP contribution in [0, 0.1) is 0 Å². The smallest absolute Gasteiger partial charge is 0.222 e. The number of pyridine rings is 1. The van der Waals surface area contributed by atoms with Gasteiger partial charge in [0, 0.05) is 37.3 Å². The molecule has 2 aromatic carbocycles. The molecule has 28 heavy (non-hydrogen) atoms. The van der Waals surface area contributed by atoms with Crippen molar-refractivity contribution in [2.45, 2.75) is 11.8 Å². The molecule has 0 aliphatic carbocycles. The van der Waals surface area contributed by atoms with Gasteiger partial charge >= 0.3 is 0 Å². The highest BCUT2D eigenvalue weighted by atomic mass is 16.3. The third-order valence-electron chi connectivity index (χ3n) is 5.48. The zero-order valence-electron chi connectivity index (χ0n) is 15.3. The van der Waals surface area contributed by atoms with E-state index in [1.54, 1.807) is 12.4 Å². The molecule has 0 saturated carbocycles. The molecule has 0 unspecified atom stereocenters. The summed E-state index contributed by atoms with van der Waals surface area (Å²) in [5.41, 5.74) is 4.09. The van der Waals surface area contributed by atoms with Crippen LogP contribution in [-0.4, -0.2) is 33.1 Å². The predicted octanol–water partition coefficient (Wildman–Crippen LogP) is 3.87. The third kappa shape index (κ3) is 3.00. The van der Waals surface area contributed by atoms with E-state index in [2.05, 4.69) is 39.6 Å². The van der Waals surface area contributed by atoms with E-state index in [1.807, 2.05) is 36.4 Å². The van der Waals surface area contributed by atoms with Crippen molar-refractivity contribution in [3.05, 3.63) is 84.4 Å². The van der Waals surface area contributed by atoms with Crippen LogP contribution in [0.4, 0.5) is 0 Å². The first-order valence-corrected chi connectivity index (χ1v) is 9.46. The average Bonchev–Trinajstić information content (AvgIpc) is 3.25. The number of hydrogen-bond acceptors (Lipinski definition) is 5. The van der Waals surface area contributed by atoms with Gasteiger partial charge in [0.15, 0.2) is 0 Å². The Hall–Kier alpha value is -3.31. The first kappa shape index (κ1) is 16.8. The van der Waals surface area contributed by atoms with Gasteiger partial charge in [0.1, 0.15) is 5.82 Å². The van der Waals surface area contributed by atoms with Gasteiger partial charge in [0.25, 0.3) is 0 Å². The second kappa shape index (κ2) is 7.02. The SMILES string of the molecule is Oc1nc([C@H]2CNC[C@@H]2c2ccccc2)nc2ccc(-c3ccncc3)cc12. The van der Waals surface area contributed by atoms with Crippen LogP contribution in [-0.2, 0) is 0 Å². The number of hydrogen-bond donors (Lipinski definition) is 2. The number of nitrogens with zero attached hydrogens (tertiary/aromatic N) is 3. The Bertz CT molecular complexity index is 1120. The van der Waals surface area contributed by atoms with E-state index in [0.29, 0.717) is 17.1 Å². The van der Waals surface area contributed by atoms with Gasteiger partial charge in [-0.2, -0.15) is 4.98 Å². The summed E-state index contributed by atoms with van der Waals surface area (Å²) >= 11 is 0. The number of aromatic nitrogens is 3. The molecule has 1 saturated heterocycles. The maximum Gasteiger partial charge on any atom is 0.222 e. The monoisotopic (exact) mass is 368 g/mol. The lowest BCUT2D eigenvalue weighted by molar-refractivity contribution is 0.452. The quantitative estimate of drug-likeness (QED) is 0.574. The van der Waals surface area contributed by atoms with E-state index in [4.69, 9.17) is 4.98 Å². The molecule has 4 aromatic rings. The summed E-state index contributed by atoms with van der Waals surface area (Å²) in [5.74, 6) is 1.17. The minimum Gasteiger partial charge on any atom is -0.493 e. The Labute approximate surface area is 163 Å². The van der Waals surface area contributed by atoms with Crippen LogP contribution >= 0.6 is 0 Å². The Kier molecular flexibility index (Phi) is 4.22. The topological polar surface area (TPSA) is 70.9 Å². The van der Waals surface area contributed by atoms with Crippen LogP contribution in [0.1, 0.15) is 23.2 Å². The van der Waals surface area contributed by atoms with Gasteiger partial charge in [0.2, 0.25) is 5.88 Å². The Balaban J connectivity index is 1.54. The summed E-state index contributed by atoms with van der Waals surface area (Å²) in [6.45, 7) is 1.69. The van der Waals surface area contributed by atoms with Gasteiger partial charge < -0.3 is 10.4 Å². The third-order valence-corrected chi connectivity index (χ3v) is 5.48. The van der Waals surface area contributed by atoms with Crippen molar-refractivity contribution in [3.63, 3.8) is 0 Å². The first-order valence-electron chi connectivity index (χ1n) is 9.46. The molecule has 2 aromatic heterocycles. The van der Waals surface area contributed by atoms with Crippen LogP contribution in [0.5, 0.6) is 5.88 Å². The molecule has 1 fully saturated rings. The summed E-state index contributed by atoms with van der Waals surface area (Å²) in [6, 6.07) is 20.2. The predicted molar refractivity (Wildman–Crippen MR) is 109 cm³/mol. The van der Waals surface area contributed by atoms with Gasteiger partial charge in [-0.1, -0.05) is 36.4 Å². The van der Waals surface area contributed by atoms with Crippen LogP contribution in [0.3, 0.4) is 0 Å². The molecular formula is C23H20N4O. The molecule has 3 heterocycles. The normalized spacial score (nSPS) is 19.1. The minimum absolute atomic E-state index is 0.0367. The summed E-state index contributed by atoms with van der Waals surface area (Å²) in [6.07, 6.45) is 3.52. The lowest BCUT2D eigenvalue weighted by Crippen LogP contribution is -2.13. The van der Waals surface area contributed by atoms with Crippen molar-refractivity contribution in [3.8, 4) is 17.0 Å². The fraction of sp³-hybridized carbons (Fsp3) is 0.174. The number of aromatic hydroxyl groups is 1. The molecule has 2 atom stereocenters. The van der Waals surface area contributed by atoms with Crippen LogP contribution in [0.25, 0.3) is 22.0 Å². The summed E-state index contributed by atoms with van der Waals surface area (Å²) in [7, 11) is 0. The number of rotatable bonds is 3. The van der Waals surface area contributed by atoms with Crippen molar-refractivity contribution in [2.75, 3.05) is 13.1 Å². The van der Waals surface area contributed by atoms with Gasteiger partial charge in [0.05, 0.1) is 10.9 Å². The van der Waals surface area contributed by atoms with Crippen molar-refractivity contribution >= 4 is 10.9 Å². The van der Waals surface area contributed by atoms with E-state index in [9.17, 15) is 5.11 Å². The molecule has 1 aliphatic heterocycles. The van der Waals surface area contributed by atoms with Crippen molar-refractivity contribution < 1.29 is 5.11 Å². The van der Waals surface area contributed by atoms with Crippen molar-refractivity contribution in [1.82, 2.24) is 20.3 Å². The lowest BCUT2D eigenvalue weighted by Gasteiger charge is -2.18. The maximum absolute atomic E-state index is 10.7. The number of nitrogens with one attached hydrogen (secondary N) is 1. The summed E-state index contributed by atoms with van der Waals surface area (Å²) in [5, 5.41) is 14.8. The Morgan fingerprint density at radius 3 is 2.43 bits per heavy atom. The second-order valence-electron chi connectivity index (χ2n) is 7.16. The fourth-order valence-electron chi connectivity index (χ4n) is 4.02. The summed E-state index contributed by atoms with van der Waals surface area (Å²) in [4.78, 5) is 13.3. The van der Waals surface area contributed by atoms with Crippen LogP contribution in [0.15, 0.2) is 73.1 Å². The lowest BCUT2D eigenvalue weighted by atomic mass is 9.88. The van der Waals surface area contributed by atoms with Gasteiger partial charge in [-0.3, -0.25) is 4.98 Å². The molecule has 1 aliphatic rings. The molecule has 0 spiro atoms. The number of benzene rings is 2. The van der Waals surface area contributed by atoms with Gasteiger partial charge in [-0.05, 0) is 41.0 Å². The molecule has 5 heteroatoms. The molecule has 138 valence electrons. The highest BCUT2D eigenvalue weighted by molar-refractivity contribution is 5.88. The Morgan fingerprint density at radius 2 is 1.61 bits per heavy atom. The Morgan fingerprint density at radius 1 is 0.821 bits per heavy atom. The molecule has 5 nitrogen and oxygen atoms in total.